The summed E-state index contributed by atoms with van der Waals surface area (Å²) in [6, 6.07) is 32.0. The summed E-state index contributed by atoms with van der Waals surface area (Å²) in [4.78, 5) is 12.6. The van der Waals surface area contributed by atoms with Gasteiger partial charge >= 0.3 is 0 Å². The highest BCUT2D eigenvalue weighted by molar-refractivity contribution is 7.80. The summed E-state index contributed by atoms with van der Waals surface area (Å²) >= 11 is 5.34. The van der Waals surface area contributed by atoms with E-state index >= 15 is 0 Å². The van der Waals surface area contributed by atoms with Gasteiger partial charge in [0.1, 0.15) is 5.75 Å². The van der Waals surface area contributed by atoms with Crippen LogP contribution in [0, 0.1) is 0 Å². The highest BCUT2D eigenvalue weighted by atomic mass is 32.1. The van der Waals surface area contributed by atoms with Crippen molar-refractivity contribution in [3.8, 4) is 5.75 Å². The van der Waals surface area contributed by atoms with Gasteiger partial charge in [-0.05, 0) is 59.1 Å². The van der Waals surface area contributed by atoms with Crippen LogP contribution in [0.25, 0.3) is 10.8 Å². The van der Waals surface area contributed by atoms with E-state index < -0.39 is 0 Å². The van der Waals surface area contributed by atoms with Crippen molar-refractivity contribution in [2.75, 3.05) is 11.9 Å². The summed E-state index contributed by atoms with van der Waals surface area (Å²) in [5.74, 6) is 0.607. The van der Waals surface area contributed by atoms with E-state index in [1.54, 1.807) is 0 Å². The Morgan fingerprint density at radius 2 is 1.61 bits per heavy atom. The van der Waals surface area contributed by atoms with E-state index in [0.29, 0.717) is 6.61 Å². The normalized spacial score (nSPS) is 10.5. The predicted octanol–water partition coefficient (Wildman–Crippen LogP) is 5.91. The molecular weight excluding hydrogens is 428 g/mol. The number of benzene rings is 4. The number of ether oxygens (including phenoxy) is 1. The van der Waals surface area contributed by atoms with Crippen molar-refractivity contribution in [3.63, 3.8) is 0 Å². The number of carbonyl (C=O) groups is 1. The maximum absolute atomic E-state index is 12.6. The van der Waals surface area contributed by atoms with Crippen LogP contribution in [0.1, 0.15) is 17.5 Å². The van der Waals surface area contributed by atoms with Gasteiger partial charge in [0, 0.05) is 11.8 Å². The first-order valence-electron chi connectivity index (χ1n) is 11.0. The molecule has 0 atom stereocenters. The van der Waals surface area contributed by atoms with E-state index in [1.807, 2.05) is 72.8 Å². The van der Waals surface area contributed by atoms with Crippen molar-refractivity contribution in [2.45, 2.75) is 19.3 Å². The fourth-order valence-corrected chi connectivity index (χ4v) is 3.96. The lowest BCUT2D eigenvalue weighted by atomic mass is 10.0. The van der Waals surface area contributed by atoms with Crippen molar-refractivity contribution >= 4 is 39.7 Å². The van der Waals surface area contributed by atoms with Crippen LogP contribution in [-0.2, 0) is 17.6 Å². The first-order valence-corrected chi connectivity index (χ1v) is 11.4. The Hall–Kier alpha value is -3.70. The summed E-state index contributed by atoms with van der Waals surface area (Å²) in [5, 5.41) is 8.30. The maximum atomic E-state index is 12.6. The second-order valence-corrected chi connectivity index (χ2v) is 8.19. The molecule has 1 amide bonds. The van der Waals surface area contributed by atoms with Gasteiger partial charge in [-0.3, -0.25) is 4.79 Å². The molecule has 0 radical (unpaired) electrons. The van der Waals surface area contributed by atoms with E-state index in [9.17, 15) is 4.79 Å². The van der Waals surface area contributed by atoms with Crippen LogP contribution in [0.2, 0.25) is 0 Å². The third-order valence-corrected chi connectivity index (χ3v) is 5.50. The molecule has 0 aromatic heterocycles. The lowest BCUT2D eigenvalue weighted by molar-refractivity contribution is -0.119. The number of amides is 1. The molecule has 0 aliphatic heterocycles. The zero-order valence-electron chi connectivity index (χ0n) is 18.3. The third-order valence-electron chi connectivity index (χ3n) is 5.30. The second-order valence-electron chi connectivity index (χ2n) is 7.78. The predicted molar refractivity (Wildman–Crippen MR) is 139 cm³/mol. The van der Waals surface area contributed by atoms with E-state index in [1.165, 1.54) is 5.56 Å². The fourth-order valence-electron chi connectivity index (χ4n) is 3.73. The minimum atomic E-state index is -0.155. The molecule has 0 saturated heterocycles. The molecule has 4 aromatic rings. The molecule has 4 rings (SSSR count). The minimum absolute atomic E-state index is 0.155. The Kier molecular flexibility index (Phi) is 7.67. The summed E-state index contributed by atoms with van der Waals surface area (Å²) in [7, 11) is 0. The van der Waals surface area contributed by atoms with Gasteiger partial charge in [-0.25, -0.2) is 0 Å². The molecule has 0 fully saturated rings. The highest BCUT2D eigenvalue weighted by Crippen LogP contribution is 2.20. The van der Waals surface area contributed by atoms with Crippen LogP contribution in [-0.4, -0.2) is 17.6 Å². The molecule has 33 heavy (non-hydrogen) atoms. The van der Waals surface area contributed by atoms with Gasteiger partial charge in [-0.2, -0.15) is 0 Å². The average molecular weight is 455 g/mol. The van der Waals surface area contributed by atoms with Crippen molar-refractivity contribution in [1.29, 1.82) is 0 Å². The molecule has 166 valence electrons. The molecule has 0 heterocycles. The molecule has 4 nitrogen and oxygen atoms in total. The number of anilines is 1. The van der Waals surface area contributed by atoms with E-state index in [-0.39, 0.29) is 17.4 Å². The van der Waals surface area contributed by atoms with Crippen molar-refractivity contribution in [1.82, 2.24) is 5.32 Å². The van der Waals surface area contributed by atoms with Gasteiger partial charge in [0.25, 0.3) is 0 Å². The van der Waals surface area contributed by atoms with Crippen LogP contribution in [0.3, 0.4) is 0 Å². The Morgan fingerprint density at radius 1 is 0.848 bits per heavy atom. The van der Waals surface area contributed by atoms with Gasteiger partial charge in [0.15, 0.2) is 5.11 Å². The molecule has 0 unspecified atom stereocenters. The molecule has 0 spiro atoms. The fraction of sp³-hybridized carbons (Fsp3) is 0.143. The highest BCUT2D eigenvalue weighted by Gasteiger charge is 2.09. The van der Waals surface area contributed by atoms with Crippen LogP contribution >= 0.6 is 12.2 Å². The van der Waals surface area contributed by atoms with E-state index in [4.69, 9.17) is 17.0 Å². The average Bonchev–Trinajstić information content (AvgIpc) is 2.83. The van der Waals surface area contributed by atoms with Crippen molar-refractivity contribution < 1.29 is 9.53 Å². The third kappa shape index (κ3) is 6.64. The number of carbonyl (C=O) groups excluding carboxylic acids is 1. The number of fused-ring (bicyclic) bond motifs is 1. The zero-order valence-corrected chi connectivity index (χ0v) is 19.1. The van der Waals surface area contributed by atoms with Crippen molar-refractivity contribution in [2.24, 2.45) is 0 Å². The smallest absolute Gasteiger partial charge is 0.230 e. The molecule has 5 heteroatoms. The minimum Gasteiger partial charge on any atom is -0.494 e. The van der Waals surface area contributed by atoms with Crippen molar-refractivity contribution in [3.05, 3.63) is 108 Å². The topological polar surface area (TPSA) is 50.4 Å². The molecule has 0 aliphatic rings. The Bertz CT molecular complexity index is 1240. The number of nitrogens with one attached hydrogen (secondary N) is 2. The molecule has 0 aliphatic carbocycles. The van der Waals surface area contributed by atoms with E-state index in [2.05, 4.69) is 34.9 Å². The number of aryl methyl sites for hydroxylation is 1. The van der Waals surface area contributed by atoms with E-state index in [0.717, 1.165) is 40.6 Å². The number of rotatable bonds is 8. The Labute approximate surface area is 199 Å². The Balaban J connectivity index is 1.26. The van der Waals surface area contributed by atoms with Gasteiger partial charge < -0.3 is 15.4 Å². The van der Waals surface area contributed by atoms with Crippen LogP contribution in [0.4, 0.5) is 5.69 Å². The first-order chi connectivity index (χ1) is 16.2. The number of thiocarbonyl (C=S) groups is 1. The molecular formula is C28H26N2O2S. The summed E-state index contributed by atoms with van der Waals surface area (Å²) in [6.45, 7) is 0.630. The summed E-state index contributed by atoms with van der Waals surface area (Å²) in [5.41, 5.74) is 3.05. The van der Waals surface area contributed by atoms with Gasteiger partial charge in [-0.15, -0.1) is 0 Å². The first kappa shape index (κ1) is 22.5. The van der Waals surface area contributed by atoms with Crippen LogP contribution in [0.5, 0.6) is 5.75 Å². The molecule has 0 bridgehead atoms. The molecule has 2 N–H and O–H groups in total. The lowest BCUT2D eigenvalue weighted by Crippen LogP contribution is -2.35. The maximum Gasteiger partial charge on any atom is 0.230 e. The monoisotopic (exact) mass is 454 g/mol. The molecule has 4 aromatic carbocycles. The largest absolute Gasteiger partial charge is 0.494 e. The van der Waals surface area contributed by atoms with Gasteiger partial charge in [-0.1, -0.05) is 78.9 Å². The standard InChI is InChI=1S/C28H26N2O2S/c31-27(19-23-14-6-13-22-12-4-5-17-26(22)23)30-28(33)29-24-15-7-16-25(20-24)32-18-8-11-21-9-2-1-3-10-21/h1-7,9-10,12-17,20H,8,11,18-19H2,(H2,29,30,31,33). The molecule has 0 saturated carbocycles. The number of hydrogen-bond acceptors (Lipinski definition) is 3. The second kappa shape index (κ2) is 11.2. The zero-order chi connectivity index (χ0) is 22.9. The van der Waals surface area contributed by atoms with Crippen LogP contribution in [0.15, 0.2) is 97.1 Å². The SMILES string of the molecule is O=C(Cc1cccc2ccccc12)NC(=S)Nc1cccc(OCCCc2ccccc2)c1. The Morgan fingerprint density at radius 3 is 2.48 bits per heavy atom. The van der Waals surface area contributed by atoms with Crippen LogP contribution < -0.4 is 15.4 Å². The number of hydrogen-bond donors (Lipinski definition) is 2. The summed E-state index contributed by atoms with van der Waals surface area (Å²) < 4.78 is 5.88. The quantitative estimate of drug-likeness (QED) is 0.257. The van der Waals surface area contributed by atoms with Gasteiger partial charge in [0.05, 0.1) is 13.0 Å². The summed E-state index contributed by atoms with van der Waals surface area (Å²) in [6.07, 6.45) is 2.17. The lowest BCUT2D eigenvalue weighted by Gasteiger charge is -2.12. The van der Waals surface area contributed by atoms with Gasteiger partial charge in [0.2, 0.25) is 5.91 Å².